The first-order chi connectivity index (χ1) is 6.49. The van der Waals surface area contributed by atoms with Crippen LogP contribution in [-0.2, 0) is 7.05 Å². The molecule has 0 saturated heterocycles. The van der Waals surface area contributed by atoms with Crippen molar-refractivity contribution in [2.24, 2.45) is 7.05 Å². The Morgan fingerprint density at radius 1 is 1.36 bits per heavy atom. The van der Waals surface area contributed by atoms with E-state index in [2.05, 4.69) is 4.98 Å². The van der Waals surface area contributed by atoms with Crippen LogP contribution in [0.15, 0.2) is 5.16 Å². The number of imidazole rings is 1. The van der Waals surface area contributed by atoms with Gasteiger partial charge < -0.3 is 20.2 Å². The van der Waals surface area contributed by atoms with Gasteiger partial charge in [-0.15, -0.1) is 0 Å². The van der Waals surface area contributed by atoms with Crippen molar-refractivity contribution in [3.05, 3.63) is 20.2 Å². The number of aromatic nitrogens is 2. The Hall–Kier alpha value is -1.64. The Kier molecular flexibility index (Phi) is 2.70. The largest absolute Gasteiger partial charge is 0.463 e. The molecule has 1 aromatic heterocycles. The lowest BCUT2D eigenvalue weighted by atomic mass is 10.6. The van der Waals surface area contributed by atoms with E-state index in [9.17, 15) is 20.2 Å². The van der Waals surface area contributed by atoms with Crippen LogP contribution in [0.1, 0.15) is 0 Å². The van der Waals surface area contributed by atoms with Crippen molar-refractivity contribution >= 4 is 23.4 Å². The molecule has 0 atom stereocenters. The van der Waals surface area contributed by atoms with E-state index >= 15 is 0 Å². The Balaban J connectivity index is 3.42. The summed E-state index contributed by atoms with van der Waals surface area (Å²) in [6.07, 6.45) is 1.63. The average Bonchev–Trinajstić information content (AvgIpc) is 2.42. The van der Waals surface area contributed by atoms with Gasteiger partial charge in [-0.05, 0) is 27.9 Å². The van der Waals surface area contributed by atoms with E-state index in [0.29, 0.717) is 0 Å². The third-order valence-corrected chi connectivity index (χ3v) is 2.26. The number of nitrogens with zero attached hydrogens (tertiary/aromatic N) is 4. The minimum absolute atomic E-state index is 0.239. The molecule has 0 saturated carbocycles. The molecule has 0 amide bonds. The molecule has 9 heteroatoms. The van der Waals surface area contributed by atoms with Gasteiger partial charge in [0.2, 0.25) is 0 Å². The van der Waals surface area contributed by atoms with Crippen LogP contribution in [0.4, 0.5) is 11.6 Å². The zero-order valence-corrected chi connectivity index (χ0v) is 8.15. The molecule has 0 aliphatic carbocycles. The molecular formula is C5H6N4O4S. The predicted octanol–water partition coefficient (Wildman–Crippen LogP) is 0.958. The van der Waals surface area contributed by atoms with Crippen molar-refractivity contribution < 1.29 is 9.85 Å². The molecule has 0 radical (unpaired) electrons. The maximum absolute atomic E-state index is 10.5. The first-order valence-corrected chi connectivity index (χ1v) is 4.61. The Labute approximate surface area is 82.2 Å². The summed E-state index contributed by atoms with van der Waals surface area (Å²) >= 11 is 1.11. The number of hydrogen-bond donors (Lipinski definition) is 0. The number of hydrogen-bond acceptors (Lipinski definition) is 6. The van der Waals surface area contributed by atoms with Crippen molar-refractivity contribution in [3.8, 4) is 0 Å². The van der Waals surface area contributed by atoms with Crippen LogP contribution in [0.3, 0.4) is 0 Å². The first kappa shape index (κ1) is 10.4. The van der Waals surface area contributed by atoms with Crippen LogP contribution in [0.25, 0.3) is 0 Å². The molecule has 14 heavy (non-hydrogen) atoms. The zero-order chi connectivity index (χ0) is 10.9. The summed E-state index contributed by atoms with van der Waals surface area (Å²) < 4.78 is 1.09. The van der Waals surface area contributed by atoms with Crippen molar-refractivity contribution in [3.63, 3.8) is 0 Å². The van der Waals surface area contributed by atoms with Gasteiger partial charge in [-0.2, -0.15) is 4.57 Å². The van der Waals surface area contributed by atoms with Gasteiger partial charge in [0, 0.05) is 4.98 Å². The summed E-state index contributed by atoms with van der Waals surface area (Å²) in [4.78, 5) is 22.8. The van der Waals surface area contributed by atoms with Crippen molar-refractivity contribution in [2.45, 2.75) is 5.16 Å². The van der Waals surface area contributed by atoms with Crippen LogP contribution in [-0.4, -0.2) is 25.7 Å². The van der Waals surface area contributed by atoms with Gasteiger partial charge in [0.25, 0.3) is 0 Å². The summed E-state index contributed by atoms with van der Waals surface area (Å²) in [7, 11) is 1.37. The SMILES string of the molecule is CSc1nc([N+](=O)[O-])c([N+](=O)[O-])n1C. The summed E-state index contributed by atoms with van der Waals surface area (Å²) in [6, 6.07) is 0. The summed E-state index contributed by atoms with van der Waals surface area (Å²) in [5.41, 5.74) is 0. The maximum atomic E-state index is 10.5. The molecule has 1 heterocycles. The van der Waals surface area contributed by atoms with Gasteiger partial charge >= 0.3 is 16.8 Å². The van der Waals surface area contributed by atoms with Gasteiger partial charge in [-0.3, -0.25) is 0 Å². The normalized spacial score (nSPS) is 10.1. The summed E-state index contributed by atoms with van der Waals surface area (Å²) in [5.74, 6) is -1.32. The fourth-order valence-electron chi connectivity index (χ4n) is 0.965. The van der Waals surface area contributed by atoms with E-state index in [0.717, 1.165) is 16.3 Å². The lowest BCUT2D eigenvalue weighted by molar-refractivity contribution is -0.428. The molecule has 0 fully saturated rings. The molecule has 0 aromatic carbocycles. The lowest BCUT2D eigenvalue weighted by Crippen LogP contribution is -2.00. The minimum Gasteiger partial charge on any atom is -0.358 e. The molecule has 0 aliphatic rings. The third kappa shape index (κ3) is 1.53. The second-order valence-electron chi connectivity index (χ2n) is 2.32. The van der Waals surface area contributed by atoms with Crippen LogP contribution in [0, 0.1) is 20.2 Å². The highest BCUT2D eigenvalue weighted by Gasteiger charge is 2.35. The molecule has 0 unspecified atom stereocenters. The standard InChI is InChI=1S/C5H6N4O4S/c1-7-4(9(12)13)3(8(10)11)6-5(7)14-2/h1-2H3. The van der Waals surface area contributed by atoms with Crippen molar-refractivity contribution in [1.29, 1.82) is 0 Å². The number of thioether (sulfide) groups is 1. The molecule has 0 N–H and O–H groups in total. The maximum Gasteiger partial charge on any atom is 0.463 e. The molecular weight excluding hydrogens is 212 g/mol. The highest BCUT2D eigenvalue weighted by Crippen LogP contribution is 2.29. The lowest BCUT2D eigenvalue weighted by Gasteiger charge is -1.93. The Morgan fingerprint density at radius 2 is 1.93 bits per heavy atom. The first-order valence-electron chi connectivity index (χ1n) is 3.38. The van der Waals surface area contributed by atoms with Gasteiger partial charge in [-0.25, -0.2) is 0 Å². The summed E-state index contributed by atoms with van der Waals surface area (Å²) in [5, 5.41) is 21.2. The Bertz CT molecular complexity index is 401. The smallest absolute Gasteiger partial charge is 0.358 e. The molecule has 8 nitrogen and oxygen atoms in total. The molecule has 0 aliphatic heterocycles. The fraction of sp³-hybridized carbons (Fsp3) is 0.400. The van der Waals surface area contributed by atoms with Gasteiger partial charge in [0.05, 0.1) is 7.05 Å². The predicted molar refractivity (Wildman–Crippen MR) is 48.3 cm³/mol. The van der Waals surface area contributed by atoms with E-state index in [1.807, 2.05) is 0 Å². The second kappa shape index (κ2) is 3.62. The summed E-state index contributed by atoms with van der Waals surface area (Å²) in [6.45, 7) is 0. The van der Waals surface area contributed by atoms with E-state index < -0.39 is 21.5 Å². The van der Waals surface area contributed by atoms with E-state index in [-0.39, 0.29) is 5.16 Å². The average molecular weight is 218 g/mol. The number of rotatable bonds is 3. The number of nitro groups is 2. The fourth-order valence-corrected chi connectivity index (χ4v) is 1.50. The molecule has 1 rings (SSSR count). The molecule has 76 valence electrons. The molecule has 0 spiro atoms. The molecule has 1 aromatic rings. The van der Waals surface area contributed by atoms with Gasteiger partial charge in [-0.1, -0.05) is 0 Å². The minimum atomic E-state index is -0.863. The van der Waals surface area contributed by atoms with E-state index in [1.54, 1.807) is 6.26 Å². The van der Waals surface area contributed by atoms with E-state index in [4.69, 9.17) is 0 Å². The third-order valence-electron chi connectivity index (χ3n) is 1.53. The highest BCUT2D eigenvalue weighted by molar-refractivity contribution is 7.98. The van der Waals surface area contributed by atoms with Crippen LogP contribution in [0.5, 0.6) is 0 Å². The van der Waals surface area contributed by atoms with Gasteiger partial charge in [0.1, 0.15) is 0 Å². The Morgan fingerprint density at radius 3 is 2.21 bits per heavy atom. The quantitative estimate of drug-likeness (QED) is 0.425. The van der Waals surface area contributed by atoms with Crippen molar-refractivity contribution in [2.75, 3.05) is 6.26 Å². The second-order valence-corrected chi connectivity index (χ2v) is 3.09. The van der Waals surface area contributed by atoms with Crippen LogP contribution >= 0.6 is 11.8 Å². The van der Waals surface area contributed by atoms with E-state index in [1.165, 1.54) is 7.05 Å². The van der Waals surface area contributed by atoms with Gasteiger partial charge in [0.15, 0.2) is 0 Å². The monoisotopic (exact) mass is 218 g/mol. The van der Waals surface area contributed by atoms with Crippen LogP contribution < -0.4 is 0 Å². The molecule has 0 bridgehead atoms. The zero-order valence-electron chi connectivity index (χ0n) is 7.33. The van der Waals surface area contributed by atoms with Crippen molar-refractivity contribution in [1.82, 2.24) is 9.55 Å². The van der Waals surface area contributed by atoms with Crippen LogP contribution in [0.2, 0.25) is 0 Å². The topological polar surface area (TPSA) is 104 Å². The highest BCUT2D eigenvalue weighted by atomic mass is 32.2.